The van der Waals surface area contributed by atoms with E-state index >= 15 is 0 Å². The topological polar surface area (TPSA) is 59.8 Å². The number of anilines is 1. The first-order valence-corrected chi connectivity index (χ1v) is 8.16. The molecule has 1 heterocycles. The number of alkyl halides is 6. The van der Waals surface area contributed by atoms with E-state index in [0.29, 0.717) is 10.7 Å². The fraction of sp³-hybridized carbons (Fsp3) is 0.167. The number of halogens is 7. The molecule has 0 unspecified atom stereocenters. The lowest BCUT2D eigenvalue weighted by Gasteiger charge is -2.13. The van der Waals surface area contributed by atoms with E-state index in [1.54, 1.807) is 0 Å². The average Bonchev–Trinajstić information content (AvgIpc) is 3.08. The van der Waals surface area contributed by atoms with E-state index in [1.165, 1.54) is 6.92 Å². The summed E-state index contributed by atoms with van der Waals surface area (Å²) >= 11 is 0. The zero-order valence-electron chi connectivity index (χ0n) is 14.9. The molecule has 1 aromatic heterocycles. The molecule has 12 heteroatoms. The largest absolute Gasteiger partial charge is 0.435 e. The van der Waals surface area contributed by atoms with Crippen LogP contribution in [-0.4, -0.2) is 20.9 Å². The van der Waals surface area contributed by atoms with E-state index in [9.17, 15) is 35.5 Å². The van der Waals surface area contributed by atoms with Crippen LogP contribution in [-0.2, 0) is 12.4 Å². The van der Waals surface area contributed by atoms with Gasteiger partial charge in [0.15, 0.2) is 11.4 Å². The summed E-state index contributed by atoms with van der Waals surface area (Å²) in [6.07, 6.45) is -9.80. The van der Waals surface area contributed by atoms with Crippen LogP contribution in [0.3, 0.4) is 0 Å². The van der Waals surface area contributed by atoms with Gasteiger partial charge in [-0.3, -0.25) is 4.79 Å². The summed E-state index contributed by atoms with van der Waals surface area (Å²) < 4.78 is 93.1. The molecule has 1 amide bonds. The second-order valence-electron chi connectivity index (χ2n) is 6.15. The van der Waals surface area contributed by atoms with Crippen LogP contribution in [0.1, 0.15) is 27.3 Å². The van der Waals surface area contributed by atoms with Crippen LogP contribution in [0, 0.1) is 12.7 Å². The number of hydrogen-bond donors (Lipinski definition) is 1. The first-order chi connectivity index (χ1) is 13.9. The Kier molecular flexibility index (Phi) is 5.27. The molecular weight excluding hydrogens is 421 g/mol. The third kappa shape index (κ3) is 4.26. The van der Waals surface area contributed by atoms with Crippen molar-refractivity contribution in [1.29, 1.82) is 0 Å². The Hall–Kier alpha value is -3.44. The lowest BCUT2D eigenvalue weighted by atomic mass is 10.1. The van der Waals surface area contributed by atoms with Crippen molar-refractivity contribution in [1.82, 2.24) is 15.0 Å². The van der Waals surface area contributed by atoms with Gasteiger partial charge in [0.1, 0.15) is 5.82 Å². The molecule has 0 radical (unpaired) electrons. The molecule has 3 rings (SSSR count). The molecular formula is C18H11F7N4O. The van der Waals surface area contributed by atoms with Crippen LogP contribution >= 0.6 is 0 Å². The first-order valence-electron chi connectivity index (χ1n) is 8.16. The number of aryl methyl sites for hydroxylation is 1. The standard InChI is InChI=1S/C18H11F7N4O/c1-9-2-5-11(8-13(9)17(20,21)22)26-16(30)14-15(18(23,24)25)29(28-27-14)12-6-3-10(19)4-7-12/h2-8H,1H3,(H,26,30). The molecule has 1 N–H and O–H groups in total. The summed E-state index contributed by atoms with van der Waals surface area (Å²) in [5, 5.41) is 8.50. The van der Waals surface area contributed by atoms with Gasteiger partial charge in [0, 0.05) is 5.69 Å². The van der Waals surface area contributed by atoms with E-state index in [1.807, 2.05) is 5.32 Å². The number of benzene rings is 2. The van der Waals surface area contributed by atoms with Crippen molar-refractivity contribution in [2.75, 3.05) is 5.32 Å². The number of aromatic nitrogens is 3. The van der Waals surface area contributed by atoms with Crippen molar-refractivity contribution in [3.8, 4) is 5.69 Å². The molecule has 5 nitrogen and oxygen atoms in total. The number of amides is 1. The molecule has 0 aliphatic rings. The van der Waals surface area contributed by atoms with Crippen molar-refractivity contribution >= 4 is 11.6 Å². The van der Waals surface area contributed by atoms with Gasteiger partial charge in [-0.2, -0.15) is 26.3 Å². The number of rotatable bonds is 3. The molecule has 0 aliphatic heterocycles. The summed E-state index contributed by atoms with van der Waals surface area (Å²) in [6.45, 7) is 1.20. The van der Waals surface area contributed by atoms with Gasteiger partial charge in [-0.1, -0.05) is 11.3 Å². The SMILES string of the molecule is Cc1ccc(NC(=O)c2nnn(-c3ccc(F)cc3)c2C(F)(F)F)cc1C(F)(F)F. The summed E-state index contributed by atoms with van der Waals surface area (Å²) in [7, 11) is 0. The van der Waals surface area contributed by atoms with E-state index in [-0.39, 0.29) is 16.9 Å². The van der Waals surface area contributed by atoms with Gasteiger partial charge >= 0.3 is 12.4 Å². The highest BCUT2D eigenvalue weighted by Gasteiger charge is 2.42. The molecule has 0 bridgehead atoms. The molecule has 3 aromatic rings. The van der Waals surface area contributed by atoms with Crippen LogP contribution < -0.4 is 5.32 Å². The maximum atomic E-state index is 13.6. The van der Waals surface area contributed by atoms with E-state index < -0.39 is 41.0 Å². The van der Waals surface area contributed by atoms with Gasteiger partial charge in [-0.05, 0) is 48.9 Å². The Morgan fingerprint density at radius 2 is 1.60 bits per heavy atom. The van der Waals surface area contributed by atoms with Crippen LogP contribution in [0.4, 0.5) is 36.4 Å². The lowest BCUT2D eigenvalue weighted by Crippen LogP contribution is -2.21. The second kappa shape index (κ2) is 7.43. The van der Waals surface area contributed by atoms with E-state index in [2.05, 4.69) is 10.3 Å². The quantitative estimate of drug-likeness (QED) is 0.593. The number of carbonyl (C=O) groups is 1. The maximum Gasteiger partial charge on any atom is 0.435 e. The van der Waals surface area contributed by atoms with Gasteiger partial charge in [0.25, 0.3) is 5.91 Å². The highest BCUT2D eigenvalue weighted by Crippen LogP contribution is 2.35. The third-order valence-electron chi connectivity index (χ3n) is 4.03. The Balaban J connectivity index is 2.00. The predicted octanol–water partition coefficient (Wildman–Crippen LogP) is 5.00. The smallest absolute Gasteiger partial charge is 0.321 e. The molecule has 0 fully saturated rings. The number of carbonyl (C=O) groups excluding carboxylic acids is 1. The first kappa shape index (κ1) is 21.3. The summed E-state index contributed by atoms with van der Waals surface area (Å²) in [6, 6.07) is 6.56. The Bertz CT molecular complexity index is 1090. The van der Waals surface area contributed by atoms with Crippen LogP contribution in [0.15, 0.2) is 42.5 Å². The zero-order chi connectivity index (χ0) is 22.3. The molecule has 0 atom stereocenters. The Labute approximate surface area is 164 Å². The van der Waals surface area contributed by atoms with Crippen molar-refractivity contribution in [2.24, 2.45) is 0 Å². The highest BCUT2D eigenvalue weighted by molar-refractivity contribution is 6.03. The van der Waals surface area contributed by atoms with Crippen LogP contribution in [0.25, 0.3) is 5.69 Å². The maximum absolute atomic E-state index is 13.6. The van der Waals surface area contributed by atoms with Gasteiger partial charge in [0.2, 0.25) is 0 Å². The fourth-order valence-electron chi connectivity index (χ4n) is 2.65. The highest BCUT2D eigenvalue weighted by atomic mass is 19.4. The fourth-order valence-corrected chi connectivity index (χ4v) is 2.65. The lowest BCUT2D eigenvalue weighted by molar-refractivity contribution is -0.143. The van der Waals surface area contributed by atoms with Crippen LogP contribution in [0.5, 0.6) is 0 Å². The molecule has 158 valence electrons. The minimum atomic E-state index is -5.09. The zero-order valence-corrected chi connectivity index (χ0v) is 14.9. The summed E-state index contributed by atoms with van der Waals surface area (Å²) in [5.41, 5.74) is -4.48. The van der Waals surface area contributed by atoms with Crippen molar-refractivity contribution in [3.63, 3.8) is 0 Å². The Morgan fingerprint density at radius 1 is 0.967 bits per heavy atom. The van der Waals surface area contributed by atoms with Gasteiger partial charge in [-0.15, -0.1) is 5.10 Å². The van der Waals surface area contributed by atoms with Crippen molar-refractivity contribution in [3.05, 3.63) is 70.8 Å². The number of nitrogens with zero attached hydrogens (tertiary/aromatic N) is 3. The third-order valence-corrected chi connectivity index (χ3v) is 4.03. The molecule has 0 aliphatic carbocycles. The van der Waals surface area contributed by atoms with Gasteiger partial charge in [-0.25, -0.2) is 9.07 Å². The minimum Gasteiger partial charge on any atom is -0.321 e. The van der Waals surface area contributed by atoms with Gasteiger partial charge in [0.05, 0.1) is 11.3 Å². The Morgan fingerprint density at radius 3 is 2.17 bits per heavy atom. The van der Waals surface area contributed by atoms with E-state index in [0.717, 1.165) is 36.4 Å². The number of hydrogen-bond acceptors (Lipinski definition) is 3. The predicted molar refractivity (Wildman–Crippen MR) is 90.5 cm³/mol. The summed E-state index contributed by atoms with van der Waals surface area (Å²) in [4.78, 5) is 12.4. The summed E-state index contributed by atoms with van der Waals surface area (Å²) in [5.74, 6) is -2.11. The molecule has 30 heavy (non-hydrogen) atoms. The number of nitrogens with one attached hydrogen (secondary N) is 1. The monoisotopic (exact) mass is 432 g/mol. The van der Waals surface area contributed by atoms with Crippen molar-refractivity contribution in [2.45, 2.75) is 19.3 Å². The molecule has 0 saturated heterocycles. The molecule has 0 spiro atoms. The normalized spacial score (nSPS) is 12.1. The second-order valence-corrected chi connectivity index (χ2v) is 6.15. The van der Waals surface area contributed by atoms with Crippen LogP contribution in [0.2, 0.25) is 0 Å². The van der Waals surface area contributed by atoms with E-state index in [4.69, 9.17) is 0 Å². The molecule has 2 aromatic carbocycles. The van der Waals surface area contributed by atoms with Gasteiger partial charge < -0.3 is 5.32 Å². The molecule has 0 saturated carbocycles. The average molecular weight is 432 g/mol. The van der Waals surface area contributed by atoms with Crippen molar-refractivity contribution < 1.29 is 35.5 Å². The minimum absolute atomic E-state index is 0.126.